The predicted octanol–water partition coefficient (Wildman–Crippen LogP) is 1.53. The molecule has 128 valence electrons. The number of nitro groups is 1. The topological polar surface area (TPSA) is 93.2 Å². The van der Waals surface area contributed by atoms with Crippen LogP contribution in [0.2, 0.25) is 0 Å². The van der Waals surface area contributed by atoms with Crippen LogP contribution in [0.1, 0.15) is 18.5 Å². The molecule has 0 aromatic carbocycles. The van der Waals surface area contributed by atoms with Gasteiger partial charge >= 0.3 is 5.69 Å². The number of rotatable bonds is 5. The summed E-state index contributed by atoms with van der Waals surface area (Å²) in [5.41, 5.74) is 0.505. The highest BCUT2D eigenvalue weighted by Gasteiger charge is 2.31. The van der Waals surface area contributed by atoms with E-state index in [0.29, 0.717) is 18.1 Å². The van der Waals surface area contributed by atoms with E-state index in [0.717, 1.165) is 25.2 Å². The molecule has 0 spiro atoms. The molecule has 3 heterocycles. The number of aromatic nitrogens is 4. The van der Waals surface area contributed by atoms with Gasteiger partial charge in [0.2, 0.25) is 5.82 Å². The highest BCUT2D eigenvalue weighted by Crippen LogP contribution is 2.32. The molecule has 3 rings (SSSR count). The van der Waals surface area contributed by atoms with E-state index in [1.165, 1.54) is 0 Å². The lowest BCUT2D eigenvalue weighted by atomic mass is 10.2. The van der Waals surface area contributed by atoms with Gasteiger partial charge < -0.3 is 9.80 Å². The number of anilines is 2. The van der Waals surface area contributed by atoms with Crippen LogP contribution in [0.3, 0.4) is 0 Å². The minimum atomic E-state index is -0.358. The second-order valence-electron chi connectivity index (χ2n) is 6.09. The first-order chi connectivity index (χ1) is 11.5. The van der Waals surface area contributed by atoms with Gasteiger partial charge in [-0.3, -0.25) is 10.1 Å². The Morgan fingerprint density at radius 3 is 2.96 bits per heavy atom. The van der Waals surface area contributed by atoms with E-state index in [1.54, 1.807) is 24.9 Å². The smallest absolute Gasteiger partial charge is 0.333 e. The van der Waals surface area contributed by atoms with E-state index in [-0.39, 0.29) is 16.7 Å². The number of nitrogens with zero attached hydrogens (tertiary/aromatic N) is 7. The molecule has 1 fully saturated rings. The second kappa shape index (κ2) is 6.42. The third-order valence-electron chi connectivity index (χ3n) is 4.42. The van der Waals surface area contributed by atoms with Crippen LogP contribution in [0.25, 0.3) is 0 Å². The zero-order valence-electron chi connectivity index (χ0n) is 14.1. The molecule has 9 nitrogen and oxygen atoms in total. The van der Waals surface area contributed by atoms with Crippen molar-refractivity contribution in [2.45, 2.75) is 25.8 Å². The van der Waals surface area contributed by atoms with Crippen molar-refractivity contribution in [2.24, 2.45) is 7.05 Å². The maximum Gasteiger partial charge on any atom is 0.333 e. The molecule has 1 aliphatic rings. The predicted molar refractivity (Wildman–Crippen MR) is 90.3 cm³/mol. The molecule has 0 saturated carbocycles. The maximum absolute atomic E-state index is 11.4. The first-order valence-corrected chi connectivity index (χ1v) is 7.92. The van der Waals surface area contributed by atoms with Crippen molar-refractivity contribution in [2.75, 3.05) is 29.9 Å². The van der Waals surface area contributed by atoms with Crippen molar-refractivity contribution < 1.29 is 4.92 Å². The van der Waals surface area contributed by atoms with Crippen LogP contribution in [0.4, 0.5) is 17.3 Å². The summed E-state index contributed by atoms with van der Waals surface area (Å²) in [4.78, 5) is 15.2. The van der Waals surface area contributed by atoms with Crippen molar-refractivity contribution >= 4 is 17.3 Å². The van der Waals surface area contributed by atoms with Gasteiger partial charge in [0, 0.05) is 39.4 Å². The van der Waals surface area contributed by atoms with E-state index < -0.39 is 0 Å². The Morgan fingerprint density at radius 1 is 1.50 bits per heavy atom. The molecule has 0 N–H and O–H groups in total. The van der Waals surface area contributed by atoms with Gasteiger partial charge in [-0.2, -0.15) is 10.2 Å². The van der Waals surface area contributed by atoms with Gasteiger partial charge in [-0.15, -0.1) is 5.10 Å². The Hall–Kier alpha value is -2.71. The molecule has 0 radical (unpaired) electrons. The van der Waals surface area contributed by atoms with Crippen LogP contribution in [-0.4, -0.2) is 51.1 Å². The molecular formula is C15H21N7O2. The first-order valence-electron chi connectivity index (χ1n) is 7.92. The van der Waals surface area contributed by atoms with Crippen molar-refractivity contribution in [1.29, 1.82) is 0 Å². The van der Waals surface area contributed by atoms with Crippen LogP contribution in [0.15, 0.2) is 18.3 Å². The Morgan fingerprint density at radius 2 is 2.29 bits per heavy atom. The average molecular weight is 331 g/mol. The van der Waals surface area contributed by atoms with Gasteiger partial charge in [-0.25, -0.2) is 4.68 Å². The van der Waals surface area contributed by atoms with E-state index in [4.69, 9.17) is 0 Å². The molecule has 1 unspecified atom stereocenters. The average Bonchev–Trinajstić information content (AvgIpc) is 3.11. The highest BCUT2D eigenvalue weighted by molar-refractivity contribution is 5.61. The minimum Gasteiger partial charge on any atom is -0.352 e. The third kappa shape index (κ3) is 2.89. The first kappa shape index (κ1) is 16.2. The fraction of sp³-hybridized carbons (Fsp3) is 0.533. The van der Waals surface area contributed by atoms with Crippen molar-refractivity contribution in [1.82, 2.24) is 20.0 Å². The fourth-order valence-corrected chi connectivity index (χ4v) is 3.45. The van der Waals surface area contributed by atoms with Gasteiger partial charge in [-0.05, 0) is 31.9 Å². The normalized spacial score (nSPS) is 17.3. The van der Waals surface area contributed by atoms with E-state index in [9.17, 15) is 10.1 Å². The summed E-state index contributed by atoms with van der Waals surface area (Å²) in [6.45, 7) is 3.25. The molecule has 0 aliphatic carbocycles. The molecule has 2 aromatic heterocycles. The summed E-state index contributed by atoms with van der Waals surface area (Å²) in [6.07, 6.45) is 3.75. The SMILES string of the molecule is Cc1nn(C)c(N(C)CC2CCCN2c2cccnn2)c1[N+](=O)[O-]. The van der Waals surface area contributed by atoms with Crippen molar-refractivity contribution in [3.05, 3.63) is 34.1 Å². The van der Waals surface area contributed by atoms with Gasteiger partial charge in [0.05, 0.1) is 4.92 Å². The summed E-state index contributed by atoms with van der Waals surface area (Å²) >= 11 is 0. The van der Waals surface area contributed by atoms with Crippen LogP contribution in [0.5, 0.6) is 0 Å². The standard InChI is InChI=1S/C15H21N7O2/c1-11-14(22(23)24)15(20(3)18-11)19(2)10-12-6-5-9-21(12)13-7-4-8-16-17-13/h4,7-8,12H,5-6,9-10H2,1-3H3. The second-order valence-corrected chi connectivity index (χ2v) is 6.09. The number of hydrogen-bond acceptors (Lipinski definition) is 7. The van der Waals surface area contributed by atoms with E-state index in [1.807, 2.05) is 24.1 Å². The van der Waals surface area contributed by atoms with E-state index in [2.05, 4.69) is 20.2 Å². The Kier molecular flexibility index (Phi) is 4.32. The van der Waals surface area contributed by atoms with Crippen molar-refractivity contribution in [3.63, 3.8) is 0 Å². The number of aryl methyl sites for hydroxylation is 2. The summed E-state index contributed by atoms with van der Waals surface area (Å²) in [5.74, 6) is 1.38. The number of hydrogen-bond donors (Lipinski definition) is 0. The molecule has 1 aliphatic heterocycles. The maximum atomic E-state index is 11.4. The fourth-order valence-electron chi connectivity index (χ4n) is 3.45. The molecule has 24 heavy (non-hydrogen) atoms. The lowest BCUT2D eigenvalue weighted by Crippen LogP contribution is -2.40. The van der Waals surface area contributed by atoms with Crippen molar-refractivity contribution in [3.8, 4) is 0 Å². The molecule has 9 heteroatoms. The zero-order chi connectivity index (χ0) is 17.3. The lowest BCUT2D eigenvalue weighted by Gasteiger charge is -2.29. The van der Waals surface area contributed by atoms with E-state index >= 15 is 0 Å². The summed E-state index contributed by atoms with van der Waals surface area (Å²) < 4.78 is 1.58. The summed E-state index contributed by atoms with van der Waals surface area (Å²) in [5, 5.41) is 23.7. The van der Waals surface area contributed by atoms with Crippen LogP contribution in [0, 0.1) is 17.0 Å². The van der Waals surface area contributed by atoms with Gasteiger partial charge in [0.15, 0.2) is 5.82 Å². The molecule has 1 atom stereocenters. The monoisotopic (exact) mass is 331 g/mol. The zero-order valence-corrected chi connectivity index (χ0v) is 14.1. The van der Waals surface area contributed by atoms with Gasteiger partial charge in [0.1, 0.15) is 5.69 Å². The molecule has 0 amide bonds. The largest absolute Gasteiger partial charge is 0.352 e. The lowest BCUT2D eigenvalue weighted by molar-refractivity contribution is -0.384. The van der Waals surface area contributed by atoms with Crippen LogP contribution < -0.4 is 9.80 Å². The quantitative estimate of drug-likeness (QED) is 0.606. The highest BCUT2D eigenvalue weighted by atomic mass is 16.6. The van der Waals surface area contributed by atoms with Gasteiger partial charge in [-0.1, -0.05) is 0 Å². The van der Waals surface area contributed by atoms with Crippen LogP contribution in [-0.2, 0) is 7.05 Å². The Bertz CT molecular complexity index is 731. The Balaban J connectivity index is 1.82. The third-order valence-corrected chi connectivity index (χ3v) is 4.42. The molecule has 1 saturated heterocycles. The Labute approximate surface area is 140 Å². The summed E-state index contributed by atoms with van der Waals surface area (Å²) in [6, 6.07) is 4.06. The van der Waals surface area contributed by atoms with Crippen LogP contribution >= 0.6 is 0 Å². The number of likely N-dealkylation sites (N-methyl/N-ethyl adjacent to an activating group) is 1. The van der Waals surface area contributed by atoms with Gasteiger partial charge in [0.25, 0.3) is 0 Å². The molecule has 2 aromatic rings. The minimum absolute atomic E-state index is 0.0732. The molecule has 0 bridgehead atoms. The molecular weight excluding hydrogens is 310 g/mol. The summed E-state index contributed by atoms with van der Waals surface area (Å²) in [7, 11) is 3.61.